The molecule has 0 aliphatic carbocycles. The predicted molar refractivity (Wildman–Crippen MR) is 83.0 cm³/mol. The minimum atomic E-state index is 0.0626. The smallest absolute Gasteiger partial charge is 0.246 e. The summed E-state index contributed by atoms with van der Waals surface area (Å²) in [4.78, 5) is 18.2. The highest BCUT2D eigenvalue weighted by Crippen LogP contribution is 2.19. The summed E-state index contributed by atoms with van der Waals surface area (Å²) >= 11 is 0. The van der Waals surface area contributed by atoms with Gasteiger partial charge in [-0.05, 0) is 38.3 Å². The maximum atomic E-state index is 12.2. The van der Waals surface area contributed by atoms with Crippen LogP contribution in [-0.4, -0.2) is 35.0 Å². The minimum Gasteiger partial charge on any atom is -0.490 e. The van der Waals surface area contributed by atoms with Crippen molar-refractivity contribution in [2.24, 2.45) is 0 Å². The van der Waals surface area contributed by atoms with Gasteiger partial charge >= 0.3 is 0 Å². The van der Waals surface area contributed by atoms with E-state index < -0.39 is 0 Å². The Kier molecular flexibility index (Phi) is 6.00. The molecule has 1 amide bonds. The third-order valence-electron chi connectivity index (χ3n) is 3.53. The molecule has 21 heavy (non-hydrogen) atoms. The first-order valence-electron chi connectivity index (χ1n) is 7.44. The summed E-state index contributed by atoms with van der Waals surface area (Å²) < 4.78 is 5.76. The number of carbonyl (C=O) groups is 1. The van der Waals surface area contributed by atoms with Crippen LogP contribution in [0.2, 0.25) is 0 Å². The number of likely N-dealkylation sites (tertiary alicyclic amines) is 1. The highest BCUT2D eigenvalue weighted by molar-refractivity contribution is 5.88. The Bertz CT molecular complexity index is 497. The summed E-state index contributed by atoms with van der Waals surface area (Å²) in [6.45, 7) is 3.26. The highest BCUT2D eigenvalue weighted by atomic mass is 16.5. The number of pyridine rings is 1. The molecule has 4 nitrogen and oxygen atoms in total. The van der Waals surface area contributed by atoms with E-state index in [-0.39, 0.29) is 11.9 Å². The Balaban J connectivity index is 1.93. The van der Waals surface area contributed by atoms with Crippen molar-refractivity contribution in [2.75, 3.05) is 13.2 Å². The number of nitrogens with zero attached hydrogens (tertiary/aromatic N) is 2. The Morgan fingerprint density at radius 2 is 2.38 bits per heavy atom. The fourth-order valence-corrected chi connectivity index (χ4v) is 2.43. The monoisotopic (exact) mass is 286 g/mol. The van der Waals surface area contributed by atoms with Crippen molar-refractivity contribution in [3.05, 3.63) is 48.8 Å². The van der Waals surface area contributed by atoms with E-state index in [1.54, 1.807) is 24.5 Å². The zero-order valence-corrected chi connectivity index (χ0v) is 12.4. The summed E-state index contributed by atoms with van der Waals surface area (Å²) in [5, 5.41) is 0. The van der Waals surface area contributed by atoms with Crippen molar-refractivity contribution in [1.82, 2.24) is 9.88 Å². The number of piperidine rings is 1. The molecule has 2 rings (SSSR count). The van der Waals surface area contributed by atoms with Gasteiger partial charge in [-0.15, -0.1) is 0 Å². The molecule has 0 spiro atoms. The fraction of sp³-hybridized carbons (Fsp3) is 0.412. The molecule has 0 N–H and O–H groups in total. The molecule has 1 aromatic rings. The molecule has 1 saturated heterocycles. The van der Waals surface area contributed by atoms with Crippen molar-refractivity contribution in [1.29, 1.82) is 0 Å². The molecule has 1 aliphatic rings. The van der Waals surface area contributed by atoms with E-state index >= 15 is 0 Å². The van der Waals surface area contributed by atoms with E-state index in [0.717, 1.165) is 31.6 Å². The van der Waals surface area contributed by atoms with Gasteiger partial charge in [0.25, 0.3) is 0 Å². The van der Waals surface area contributed by atoms with Crippen molar-refractivity contribution >= 4 is 5.91 Å². The van der Waals surface area contributed by atoms with Gasteiger partial charge in [0.1, 0.15) is 12.4 Å². The van der Waals surface area contributed by atoms with Gasteiger partial charge in [0.2, 0.25) is 5.91 Å². The number of rotatable bonds is 5. The van der Waals surface area contributed by atoms with Crippen molar-refractivity contribution < 1.29 is 9.53 Å². The van der Waals surface area contributed by atoms with Crippen LogP contribution < -0.4 is 4.74 Å². The zero-order valence-electron chi connectivity index (χ0n) is 12.4. The quantitative estimate of drug-likeness (QED) is 0.617. The third kappa shape index (κ3) is 4.74. The number of ether oxygens (including phenoxy) is 1. The molecule has 112 valence electrons. The Morgan fingerprint density at radius 1 is 1.48 bits per heavy atom. The molecule has 1 unspecified atom stereocenters. The van der Waals surface area contributed by atoms with Crippen LogP contribution >= 0.6 is 0 Å². The van der Waals surface area contributed by atoms with Gasteiger partial charge in [0.05, 0.1) is 12.2 Å². The number of amides is 1. The maximum absolute atomic E-state index is 12.2. The van der Waals surface area contributed by atoms with Gasteiger partial charge in [0.15, 0.2) is 0 Å². The van der Waals surface area contributed by atoms with Crippen LogP contribution in [0.15, 0.2) is 48.8 Å². The Hall–Kier alpha value is -2.10. The first-order valence-corrected chi connectivity index (χ1v) is 7.44. The predicted octanol–water partition coefficient (Wildman–Crippen LogP) is 2.97. The van der Waals surface area contributed by atoms with Crippen molar-refractivity contribution in [3.63, 3.8) is 0 Å². The lowest BCUT2D eigenvalue weighted by atomic mass is 10.0. The lowest BCUT2D eigenvalue weighted by Crippen LogP contribution is -2.46. The molecule has 0 radical (unpaired) electrons. The van der Waals surface area contributed by atoms with E-state index in [0.29, 0.717) is 6.61 Å². The molecule has 0 saturated carbocycles. The second-order valence-corrected chi connectivity index (χ2v) is 5.07. The summed E-state index contributed by atoms with van der Waals surface area (Å²) in [6.07, 6.45) is 13.8. The van der Waals surface area contributed by atoms with E-state index in [1.165, 1.54) is 0 Å². The Morgan fingerprint density at radius 3 is 3.14 bits per heavy atom. The van der Waals surface area contributed by atoms with Crippen LogP contribution in [0.4, 0.5) is 0 Å². The lowest BCUT2D eigenvalue weighted by Gasteiger charge is -2.34. The molecule has 4 heteroatoms. The number of hydrogen-bond acceptors (Lipinski definition) is 3. The SMILES string of the molecule is CC=CC=CC(=O)N1CCCCC1COc1cccnc1. The topological polar surface area (TPSA) is 42.4 Å². The minimum absolute atomic E-state index is 0.0626. The van der Waals surface area contributed by atoms with Gasteiger partial charge in [-0.1, -0.05) is 18.2 Å². The molecule has 0 aromatic carbocycles. The largest absolute Gasteiger partial charge is 0.490 e. The third-order valence-corrected chi connectivity index (χ3v) is 3.53. The molecule has 1 aliphatic heterocycles. The van der Waals surface area contributed by atoms with Crippen LogP contribution in [0.25, 0.3) is 0 Å². The lowest BCUT2D eigenvalue weighted by molar-refractivity contribution is -0.130. The van der Waals surface area contributed by atoms with Crippen LogP contribution in [0.1, 0.15) is 26.2 Å². The zero-order chi connectivity index (χ0) is 14.9. The van der Waals surface area contributed by atoms with Crippen LogP contribution in [0.3, 0.4) is 0 Å². The number of carbonyl (C=O) groups excluding carboxylic acids is 1. The summed E-state index contributed by atoms with van der Waals surface area (Å²) in [5.74, 6) is 0.813. The molecule has 1 aromatic heterocycles. The highest BCUT2D eigenvalue weighted by Gasteiger charge is 2.25. The van der Waals surface area contributed by atoms with Gasteiger partial charge in [-0.25, -0.2) is 0 Å². The standard InChI is InChI=1S/C17H22N2O2/c1-2-3-4-10-17(20)19-12-6-5-8-15(19)14-21-16-9-7-11-18-13-16/h2-4,7,9-11,13,15H,5-6,8,12,14H2,1H3. The van der Waals surface area contributed by atoms with Gasteiger partial charge in [-0.3, -0.25) is 9.78 Å². The molecular weight excluding hydrogens is 264 g/mol. The average Bonchev–Trinajstić information content (AvgIpc) is 2.54. The normalized spacial score (nSPS) is 19.3. The maximum Gasteiger partial charge on any atom is 0.246 e. The first kappa shape index (κ1) is 15.3. The summed E-state index contributed by atoms with van der Waals surface area (Å²) in [7, 11) is 0. The number of hydrogen-bond donors (Lipinski definition) is 0. The van der Waals surface area contributed by atoms with E-state index in [1.807, 2.05) is 36.1 Å². The second-order valence-electron chi connectivity index (χ2n) is 5.07. The molecule has 0 bridgehead atoms. The summed E-state index contributed by atoms with van der Waals surface area (Å²) in [5.41, 5.74) is 0. The first-order chi connectivity index (χ1) is 10.3. The molecule has 2 heterocycles. The second kappa shape index (κ2) is 8.25. The van der Waals surface area contributed by atoms with Gasteiger partial charge in [0, 0.05) is 18.8 Å². The van der Waals surface area contributed by atoms with E-state index in [4.69, 9.17) is 4.74 Å². The molecule has 1 fully saturated rings. The van der Waals surface area contributed by atoms with E-state index in [9.17, 15) is 4.79 Å². The van der Waals surface area contributed by atoms with Crippen molar-refractivity contribution in [2.45, 2.75) is 32.2 Å². The number of allylic oxidation sites excluding steroid dienone is 3. The van der Waals surface area contributed by atoms with Crippen LogP contribution in [0, 0.1) is 0 Å². The Labute approximate surface area is 126 Å². The van der Waals surface area contributed by atoms with Gasteiger partial charge < -0.3 is 9.64 Å². The van der Waals surface area contributed by atoms with Crippen LogP contribution in [0.5, 0.6) is 5.75 Å². The van der Waals surface area contributed by atoms with Crippen LogP contribution in [-0.2, 0) is 4.79 Å². The van der Waals surface area contributed by atoms with Crippen molar-refractivity contribution in [3.8, 4) is 5.75 Å². The number of aromatic nitrogens is 1. The molecular formula is C17H22N2O2. The molecule has 1 atom stereocenters. The van der Waals surface area contributed by atoms with Gasteiger partial charge in [-0.2, -0.15) is 0 Å². The average molecular weight is 286 g/mol. The van der Waals surface area contributed by atoms with E-state index in [2.05, 4.69) is 4.98 Å². The summed E-state index contributed by atoms with van der Waals surface area (Å²) in [6, 6.07) is 3.87. The fourth-order valence-electron chi connectivity index (χ4n) is 2.43.